The largest absolute Gasteiger partial charge is 0.478 e. The van der Waals surface area contributed by atoms with Crippen LogP contribution in [-0.2, 0) is 6.54 Å². The van der Waals surface area contributed by atoms with E-state index in [0.717, 1.165) is 0 Å². The van der Waals surface area contributed by atoms with E-state index in [0.29, 0.717) is 22.9 Å². The maximum Gasteiger partial charge on any atom is 0.337 e. The van der Waals surface area contributed by atoms with Crippen LogP contribution in [0.3, 0.4) is 0 Å². The molecule has 2 N–H and O–H groups in total. The molecule has 7 heteroatoms. The Bertz CT molecular complexity index is 710. The number of carbonyl (C=O) groups excluding carboxylic acids is 1. The number of hydrogen-bond acceptors (Lipinski definition) is 2. The molecule has 0 unspecified atom stereocenters. The topological polar surface area (TPSA) is 71.3 Å². The number of rotatable bonds is 4. The monoisotopic (exact) mass is 326 g/mol. The standard InChI is InChI=1S/C14H12Cl2N2O3/c1-2-18-7-8(15)5-12(18)13(19)17-9-3-4-11(16)10(6-9)14(20)21/h3-7H,2H2,1H3,(H,17,19)(H,20,21). The average Bonchev–Trinajstić information content (AvgIpc) is 2.82. The molecule has 21 heavy (non-hydrogen) atoms. The zero-order valence-electron chi connectivity index (χ0n) is 11.1. The summed E-state index contributed by atoms with van der Waals surface area (Å²) in [5.41, 5.74) is 0.675. The number of carboxylic acids is 1. The molecule has 0 saturated carbocycles. The minimum absolute atomic E-state index is 0.0710. The van der Waals surface area contributed by atoms with Crippen LogP contribution in [-0.4, -0.2) is 21.6 Å². The SMILES string of the molecule is CCn1cc(Cl)cc1C(=O)Nc1ccc(Cl)c(C(=O)O)c1. The fourth-order valence-electron chi connectivity index (χ4n) is 1.89. The number of nitrogens with zero attached hydrogens (tertiary/aromatic N) is 1. The van der Waals surface area contributed by atoms with E-state index < -0.39 is 5.97 Å². The van der Waals surface area contributed by atoms with E-state index in [-0.39, 0.29) is 16.5 Å². The summed E-state index contributed by atoms with van der Waals surface area (Å²) >= 11 is 11.7. The summed E-state index contributed by atoms with van der Waals surface area (Å²) in [5.74, 6) is -1.53. The first-order chi connectivity index (χ1) is 9.92. The van der Waals surface area contributed by atoms with Gasteiger partial charge in [-0.15, -0.1) is 0 Å². The van der Waals surface area contributed by atoms with Gasteiger partial charge in [0.15, 0.2) is 0 Å². The summed E-state index contributed by atoms with van der Waals surface area (Å²) in [4.78, 5) is 23.2. The number of hydrogen-bond donors (Lipinski definition) is 2. The van der Waals surface area contributed by atoms with Crippen LogP contribution in [0.5, 0.6) is 0 Å². The van der Waals surface area contributed by atoms with Crippen molar-refractivity contribution in [3.63, 3.8) is 0 Å². The third-order valence-electron chi connectivity index (χ3n) is 2.89. The van der Waals surface area contributed by atoms with Crippen molar-refractivity contribution >= 4 is 40.8 Å². The minimum atomic E-state index is -1.16. The molecule has 0 aliphatic rings. The fourth-order valence-corrected chi connectivity index (χ4v) is 2.31. The molecule has 0 bridgehead atoms. The first-order valence-corrected chi connectivity index (χ1v) is 6.87. The van der Waals surface area contributed by atoms with Crippen molar-refractivity contribution in [3.05, 3.63) is 51.8 Å². The normalized spacial score (nSPS) is 10.4. The Hall–Kier alpha value is -1.98. The molecule has 5 nitrogen and oxygen atoms in total. The van der Waals surface area contributed by atoms with Crippen molar-refractivity contribution in [2.24, 2.45) is 0 Å². The van der Waals surface area contributed by atoms with E-state index in [4.69, 9.17) is 28.3 Å². The van der Waals surface area contributed by atoms with Gasteiger partial charge in [-0.05, 0) is 31.2 Å². The lowest BCUT2D eigenvalue weighted by atomic mass is 10.2. The molecule has 0 saturated heterocycles. The van der Waals surface area contributed by atoms with Gasteiger partial charge in [0.05, 0.1) is 15.6 Å². The van der Waals surface area contributed by atoms with Gasteiger partial charge in [0.25, 0.3) is 5.91 Å². The van der Waals surface area contributed by atoms with Crippen LogP contribution < -0.4 is 5.32 Å². The van der Waals surface area contributed by atoms with Gasteiger partial charge in [-0.3, -0.25) is 4.79 Å². The van der Waals surface area contributed by atoms with Gasteiger partial charge in [0.2, 0.25) is 0 Å². The Balaban J connectivity index is 2.27. The van der Waals surface area contributed by atoms with Crippen LogP contribution in [0.2, 0.25) is 10.0 Å². The highest BCUT2D eigenvalue weighted by Gasteiger charge is 2.15. The summed E-state index contributed by atoms with van der Waals surface area (Å²) in [6, 6.07) is 5.82. The number of aromatic nitrogens is 1. The molecule has 2 rings (SSSR count). The maximum absolute atomic E-state index is 12.2. The summed E-state index contributed by atoms with van der Waals surface area (Å²) in [6.07, 6.45) is 1.65. The average molecular weight is 327 g/mol. The highest BCUT2D eigenvalue weighted by Crippen LogP contribution is 2.22. The minimum Gasteiger partial charge on any atom is -0.478 e. The predicted octanol–water partition coefficient (Wildman–Crippen LogP) is 3.77. The number of carbonyl (C=O) groups is 2. The summed E-state index contributed by atoms with van der Waals surface area (Å²) < 4.78 is 1.70. The Morgan fingerprint density at radius 2 is 2.00 bits per heavy atom. The summed E-state index contributed by atoms with van der Waals surface area (Å²) in [6.45, 7) is 2.48. The molecule has 0 spiro atoms. The molecule has 1 amide bonds. The van der Waals surface area contributed by atoms with Crippen molar-refractivity contribution in [1.82, 2.24) is 4.57 Å². The van der Waals surface area contributed by atoms with E-state index in [1.54, 1.807) is 16.8 Å². The molecular formula is C14H12Cl2N2O3. The summed E-state index contributed by atoms with van der Waals surface area (Å²) in [5, 5.41) is 12.2. The van der Waals surface area contributed by atoms with Crippen molar-refractivity contribution in [2.75, 3.05) is 5.32 Å². The van der Waals surface area contributed by atoms with Gasteiger partial charge in [-0.1, -0.05) is 23.2 Å². The lowest BCUT2D eigenvalue weighted by molar-refractivity contribution is 0.0696. The van der Waals surface area contributed by atoms with Gasteiger partial charge in [-0.2, -0.15) is 0 Å². The second-order valence-corrected chi connectivity index (χ2v) is 5.13. The van der Waals surface area contributed by atoms with Crippen LogP contribution in [0.15, 0.2) is 30.5 Å². The molecular weight excluding hydrogens is 315 g/mol. The third-order valence-corrected chi connectivity index (χ3v) is 3.43. The van der Waals surface area contributed by atoms with Crippen molar-refractivity contribution in [1.29, 1.82) is 0 Å². The molecule has 1 aromatic carbocycles. The van der Waals surface area contributed by atoms with Crippen LogP contribution in [0.1, 0.15) is 27.8 Å². The van der Waals surface area contributed by atoms with E-state index in [9.17, 15) is 9.59 Å². The van der Waals surface area contributed by atoms with Crippen molar-refractivity contribution < 1.29 is 14.7 Å². The number of halogens is 2. The number of aryl methyl sites for hydroxylation is 1. The molecule has 0 aliphatic heterocycles. The van der Waals surface area contributed by atoms with E-state index >= 15 is 0 Å². The molecule has 110 valence electrons. The van der Waals surface area contributed by atoms with Gasteiger partial charge in [0, 0.05) is 18.4 Å². The Morgan fingerprint density at radius 3 is 2.62 bits per heavy atom. The molecule has 0 radical (unpaired) electrons. The predicted molar refractivity (Wildman–Crippen MR) is 81.5 cm³/mol. The van der Waals surface area contributed by atoms with Crippen LogP contribution in [0, 0.1) is 0 Å². The number of benzene rings is 1. The lowest BCUT2D eigenvalue weighted by Crippen LogP contribution is -2.16. The van der Waals surface area contributed by atoms with Crippen LogP contribution in [0.4, 0.5) is 5.69 Å². The van der Waals surface area contributed by atoms with Gasteiger partial charge in [-0.25, -0.2) is 4.79 Å². The van der Waals surface area contributed by atoms with E-state index in [1.165, 1.54) is 18.2 Å². The quantitative estimate of drug-likeness (QED) is 0.898. The highest BCUT2D eigenvalue weighted by atomic mass is 35.5. The molecule has 1 heterocycles. The number of aromatic carboxylic acids is 1. The van der Waals surface area contributed by atoms with E-state index in [1.807, 2.05) is 6.92 Å². The Morgan fingerprint density at radius 1 is 1.29 bits per heavy atom. The van der Waals surface area contributed by atoms with Gasteiger partial charge >= 0.3 is 5.97 Å². The van der Waals surface area contributed by atoms with Crippen molar-refractivity contribution in [3.8, 4) is 0 Å². The Labute approximate surface area is 131 Å². The summed E-state index contributed by atoms with van der Waals surface area (Å²) in [7, 11) is 0. The highest BCUT2D eigenvalue weighted by molar-refractivity contribution is 6.33. The zero-order valence-corrected chi connectivity index (χ0v) is 12.6. The smallest absolute Gasteiger partial charge is 0.337 e. The molecule has 1 aromatic heterocycles. The first kappa shape index (κ1) is 15.4. The van der Waals surface area contributed by atoms with Crippen LogP contribution >= 0.6 is 23.2 Å². The second kappa shape index (κ2) is 6.20. The van der Waals surface area contributed by atoms with Crippen molar-refractivity contribution in [2.45, 2.75) is 13.5 Å². The Kier molecular flexibility index (Phi) is 4.55. The third kappa shape index (κ3) is 3.37. The molecule has 0 fully saturated rings. The maximum atomic E-state index is 12.2. The number of anilines is 1. The van der Waals surface area contributed by atoms with Gasteiger partial charge < -0.3 is 15.0 Å². The van der Waals surface area contributed by atoms with E-state index in [2.05, 4.69) is 5.32 Å². The number of amides is 1. The van der Waals surface area contributed by atoms with Crippen LogP contribution in [0.25, 0.3) is 0 Å². The number of carboxylic acid groups (broad SMARTS) is 1. The second-order valence-electron chi connectivity index (χ2n) is 4.28. The van der Waals surface area contributed by atoms with Gasteiger partial charge in [0.1, 0.15) is 5.69 Å². The lowest BCUT2D eigenvalue weighted by Gasteiger charge is -2.09. The fraction of sp³-hybridized carbons (Fsp3) is 0.143. The number of nitrogens with one attached hydrogen (secondary N) is 1. The molecule has 0 aliphatic carbocycles. The molecule has 2 aromatic rings. The molecule has 0 atom stereocenters. The first-order valence-electron chi connectivity index (χ1n) is 6.12. The zero-order chi connectivity index (χ0) is 15.6.